The molecule has 0 spiro atoms. The number of amides is 1. The van der Waals surface area contributed by atoms with Crippen molar-refractivity contribution in [2.45, 2.75) is 40.3 Å². The summed E-state index contributed by atoms with van der Waals surface area (Å²) in [6.07, 6.45) is 1.67. The van der Waals surface area contributed by atoms with Crippen LogP contribution >= 0.6 is 0 Å². The minimum absolute atomic E-state index is 0.0289. The van der Waals surface area contributed by atoms with Crippen LogP contribution in [0.5, 0.6) is 0 Å². The SMILES string of the molecule is CCN(/C=C(/C#N)C(=O)N(Cc1ccccc1)C(C)C)CC. The average molecular weight is 299 g/mol. The molecule has 0 N–H and O–H groups in total. The van der Waals surface area contributed by atoms with E-state index in [-0.39, 0.29) is 17.5 Å². The summed E-state index contributed by atoms with van der Waals surface area (Å²) in [5.41, 5.74) is 1.25. The van der Waals surface area contributed by atoms with E-state index in [1.807, 2.05) is 62.9 Å². The molecular formula is C18H25N3O. The Morgan fingerprint density at radius 2 is 1.82 bits per heavy atom. The van der Waals surface area contributed by atoms with Gasteiger partial charge in [0.2, 0.25) is 0 Å². The fourth-order valence-corrected chi connectivity index (χ4v) is 2.14. The van der Waals surface area contributed by atoms with Gasteiger partial charge in [-0.05, 0) is 33.3 Å². The van der Waals surface area contributed by atoms with E-state index in [1.54, 1.807) is 11.1 Å². The molecule has 0 saturated heterocycles. The summed E-state index contributed by atoms with van der Waals surface area (Å²) < 4.78 is 0. The van der Waals surface area contributed by atoms with Gasteiger partial charge in [0.05, 0.1) is 0 Å². The van der Waals surface area contributed by atoms with Crippen molar-refractivity contribution in [3.63, 3.8) is 0 Å². The molecule has 22 heavy (non-hydrogen) atoms. The lowest BCUT2D eigenvalue weighted by Gasteiger charge is -2.27. The molecular weight excluding hydrogens is 274 g/mol. The molecule has 0 aliphatic heterocycles. The minimum Gasteiger partial charge on any atom is -0.377 e. The number of hydrogen-bond donors (Lipinski definition) is 0. The van der Waals surface area contributed by atoms with Crippen molar-refractivity contribution in [2.75, 3.05) is 13.1 Å². The van der Waals surface area contributed by atoms with Crippen molar-refractivity contribution < 1.29 is 4.79 Å². The zero-order valence-electron chi connectivity index (χ0n) is 13.9. The Morgan fingerprint density at radius 3 is 2.27 bits per heavy atom. The summed E-state index contributed by atoms with van der Waals surface area (Å²) in [6.45, 7) is 9.99. The normalized spacial score (nSPS) is 11.2. The quantitative estimate of drug-likeness (QED) is 0.574. The van der Waals surface area contributed by atoms with Crippen LogP contribution in [0.2, 0.25) is 0 Å². The Kier molecular flexibility index (Phi) is 7.18. The fourth-order valence-electron chi connectivity index (χ4n) is 2.14. The third-order valence-electron chi connectivity index (χ3n) is 3.55. The van der Waals surface area contributed by atoms with Gasteiger partial charge in [-0.3, -0.25) is 4.79 Å². The highest BCUT2D eigenvalue weighted by molar-refractivity contribution is 5.97. The van der Waals surface area contributed by atoms with E-state index in [0.717, 1.165) is 18.7 Å². The Morgan fingerprint density at radius 1 is 1.23 bits per heavy atom. The van der Waals surface area contributed by atoms with Gasteiger partial charge in [0.15, 0.2) is 0 Å². The third kappa shape index (κ3) is 4.92. The van der Waals surface area contributed by atoms with Gasteiger partial charge in [0, 0.05) is 31.9 Å². The van der Waals surface area contributed by atoms with Gasteiger partial charge in [-0.1, -0.05) is 30.3 Å². The first-order valence-corrected chi connectivity index (χ1v) is 7.74. The Balaban J connectivity index is 2.99. The molecule has 1 rings (SSSR count). The Bertz CT molecular complexity index is 539. The van der Waals surface area contributed by atoms with Crippen LogP contribution in [0.25, 0.3) is 0 Å². The van der Waals surface area contributed by atoms with Crippen LogP contribution in [0, 0.1) is 11.3 Å². The molecule has 4 heteroatoms. The summed E-state index contributed by atoms with van der Waals surface area (Å²) in [5.74, 6) is -0.215. The highest BCUT2D eigenvalue weighted by Gasteiger charge is 2.21. The number of benzene rings is 1. The fraction of sp³-hybridized carbons (Fsp3) is 0.444. The number of nitrogens with zero attached hydrogens (tertiary/aromatic N) is 3. The van der Waals surface area contributed by atoms with Crippen molar-refractivity contribution in [1.82, 2.24) is 9.80 Å². The molecule has 4 nitrogen and oxygen atoms in total. The topological polar surface area (TPSA) is 47.3 Å². The first-order chi connectivity index (χ1) is 10.5. The Labute approximate surface area is 133 Å². The summed E-state index contributed by atoms with van der Waals surface area (Å²) in [4.78, 5) is 16.4. The number of rotatable bonds is 7. The molecule has 0 saturated carbocycles. The lowest BCUT2D eigenvalue weighted by atomic mass is 10.1. The molecule has 1 aromatic carbocycles. The van der Waals surface area contributed by atoms with Crippen LogP contribution < -0.4 is 0 Å². The summed E-state index contributed by atoms with van der Waals surface area (Å²) in [5, 5.41) is 9.34. The molecule has 0 aliphatic carbocycles. The van der Waals surface area contributed by atoms with Gasteiger partial charge >= 0.3 is 0 Å². The van der Waals surface area contributed by atoms with Gasteiger partial charge in [-0.2, -0.15) is 5.26 Å². The monoisotopic (exact) mass is 299 g/mol. The van der Waals surface area contributed by atoms with Crippen LogP contribution in [0.15, 0.2) is 42.1 Å². The summed E-state index contributed by atoms with van der Waals surface area (Å²) >= 11 is 0. The zero-order chi connectivity index (χ0) is 16.5. The second kappa shape index (κ2) is 8.89. The predicted molar refractivity (Wildman–Crippen MR) is 88.7 cm³/mol. The Hall–Kier alpha value is -2.28. The number of carbonyl (C=O) groups excluding carboxylic acids is 1. The second-order valence-corrected chi connectivity index (χ2v) is 5.39. The lowest BCUT2D eigenvalue weighted by molar-refractivity contribution is -0.129. The predicted octanol–water partition coefficient (Wildman–Crippen LogP) is 3.17. The lowest BCUT2D eigenvalue weighted by Crippen LogP contribution is -2.37. The first kappa shape index (κ1) is 17.8. The van der Waals surface area contributed by atoms with Crippen molar-refractivity contribution in [3.8, 4) is 6.07 Å². The van der Waals surface area contributed by atoms with Crippen molar-refractivity contribution >= 4 is 5.91 Å². The molecule has 0 aromatic heterocycles. The molecule has 0 atom stereocenters. The van der Waals surface area contributed by atoms with E-state index in [4.69, 9.17) is 0 Å². The van der Waals surface area contributed by atoms with Gasteiger partial charge in [0.25, 0.3) is 5.91 Å². The van der Waals surface area contributed by atoms with E-state index in [2.05, 4.69) is 6.07 Å². The maximum absolute atomic E-state index is 12.7. The molecule has 0 bridgehead atoms. The summed E-state index contributed by atoms with van der Waals surface area (Å²) in [6, 6.07) is 11.9. The van der Waals surface area contributed by atoms with E-state index >= 15 is 0 Å². The highest BCUT2D eigenvalue weighted by atomic mass is 16.2. The maximum atomic E-state index is 12.7. The van der Waals surface area contributed by atoms with E-state index in [1.165, 1.54) is 0 Å². The van der Waals surface area contributed by atoms with Gasteiger partial charge < -0.3 is 9.80 Å². The zero-order valence-corrected chi connectivity index (χ0v) is 13.9. The van der Waals surface area contributed by atoms with Gasteiger partial charge in [0.1, 0.15) is 11.6 Å². The first-order valence-electron chi connectivity index (χ1n) is 7.74. The molecule has 1 amide bonds. The molecule has 1 aromatic rings. The van der Waals surface area contributed by atoms with Crippen molar-refractivity contribution in [2.24, 2.45) is 0 Å². The van der Waals surface area contributed by atoms with Crippen LogP contribution in [-0.2, 0) is 11.3 Å². The highest BCUT2D eigenvalue weighted by Crippen LogP contribution is 2.13. The minimum atomic E-state index is -0.215. The average Bonchev–Trinajstić information content (AvgIpc) is 2.54. The van der Waals surface area contributed by atoms with Crippen LogP contribution in [-0.4, -0.2) is 34.8 Å². The number of hydrogen-bond acceptors (Lipinski definition) is 3. The van der Waals surface area contributed by atoms with Crippen molar-refractivity contribution in [1.29, 1.82) is 5.26 Å². The second-order valence-electron chi connectivity index (χ2n) is 5.39. The third-order valence-corrected chi connectivity index (χ3v) is 3.55. The molecule has 0 heterocycles. The van der Waals surface area contributed by atoms with Crippen LogP contribution in [0.4, 0.5) is 0 Å². The molecule has 0 radical (unpaired) electrons. The van der Waals surface area contributed by atoms with Gasteiger partial charge in [-0.25, -0.2) is 0 Å². The molecule has 0 unspecified atom stereocenters. The largest absolute Gasteiger partial charge is 0.377 e. The van der Waals surface area contributed by atoms with Crippen LogP contribution in [0.1, 0.15) is 33.3 Å². The number of nitriles is 1. The van der Waals surface area contributed by atoms with E-state index in [0.29, 0.717) is 6.54 Å². The van der Waals surface area contributed by atoms with Crippen LogP contribution in [0.3, 0.4) is 0 Å². The molecule has 0 aliphatic rings. The number of carbonyl (C=O) groups is 1. The standard InChI is InChI=1S/C18H25N3O/c1-5-20(6-2)14-17(12-19)18(22)21(15(3)4)13-16-10-8-7-9-11-16/h7-11,14-15H,5-6,13H2,1-4H3/b17-14-. The maximum Gasteiger partial charge on any atom is 0.266 e. The van der Waals surface area contributed by atoms with E-state index in [9.17, 15) is 10.1 Å². The molecule has 0 fully saturated rings. The molecule has 118 valence electrons. The van der Waals surface area contributed by atoms with E-state index < -0.39 is 0 Å². The van der Waals surface area contributed by atoms with Gasteiger partial charge in [-0.15, -0.1) is 0 Å². The smallest absolute Gasteiger partial charge is 0.266 e. The summed E-state index contributed by atoms with van der Waals surface area (Å²) in [7, 11) is 0. The van der Waals surface area contributed by atoms with Crippen molar-refractivity contribution in [3.05, 3.63) is 47.7 Å².